The summed E-state index contributed by atoms with van der Waals surface area (Å²) < 4.78 is 0. The second kappa shape index (κ2) is 6.64. The van der Waals surface area contributed by atoms with Crippen molar-refractivity contribution >= 4 is 17.7 Å². The molecule has 1 saturated heterocycles. The summed E-state index contributed by atoms with van der Waals surface area (Å²) in [4.78, 5) is 11.8. The van der Waals surface area contributed by atoms with Crippen LogP contribution in [0.25, 0.3) is 0 Å². The number of carbonyl (C=O) groups is 1. The average Bonchev–Trinajstić information content (AvgIpc) is 2.15. The van der Waals surface area contributed by atoms with Crippen LogP contribution in [-0.2, 0) is 4.79 Å². The SMILES string of the molecule is CC(C)(C)CC(N)CC(=O)NC1CCCSC1. The topological polar surface area (TPSA) is 55.1 Å². The Kier molecular flexibility index (Phi) is 5.80. The van der Waals surface area contributed by atoms with E-state index in [0.717, 1.165) is 18.6 Å². The number of rotatable bonds is 4. The highest BCUT2D eigenvalue weighted by atomic mass is 32.2. The normalized spacial score (nSPS) is 23.2. The Morgan fingerprint density at radius 2 is 2.24 bits per heavy atom. The fraction of sp³-hybridized carbons (Fsp3) is 0.923. The maximum atomic E-state index is 11.8. The third-order valence-electron chi connectivity index (χ3n) is 2.85. The third kappa shape index (κ3) is 6.94. The van der Waals surface area contributed by atoms with Crippen molar-refractivity contribution in [1.29, 1.82) is 0 Å². The van der Waals surface area contributed by atoms with Gasteiger partial charge in [0.15, 0.2) is 0 Å². The Hall–Kier alpha value is -0.220. The van der Waals surface area contributed by atoms with Gasteiger partial charge in [-0.1, -0.05) is 20.8 Å². The van der Waals surface area contributed by atoms with Gasteiger partial charge in [0.1, 0.15) is 0 Å². The van der Waals surface area contributed by atoms with Crippen LogP contribution in [0.3, 0.4) is 0 Å². The van der Waals surface area contributed by atoms with Crippen molar-refractivity contribution in [3.05, 3.63) is 0 Å². The van der Waals surface area contributed by atoms with Crippen molar-refractivity contribution in [2.75, 3.05) is 11.5 Å². The zero-order chi connectivity index (χ0) is 12.9. The Morgan fingerprint density at radius 1 is 1.53 bits per heavy atom. The Morgan fingerprint density at radius 3 is 2.76 bits per heavy atom. The van der Waals surface area contributed by atoms with Gasteiger partial charge in [0, 0.05) is 24.3 Å². The highest BCUT2D eigenvalue weighted by Gasteiger charge is 2.20. The van der Waals surface area contributed by atoms with Gasteiger partial charge >= 0.3 is 0 Å². The summed E-state index contributed by atoms with van der Waals surface area (Å²) in [5, 5.41) is 3.10. The van der Waals surface area contributed by atoms with Gasteiger partial charge < -0.3 is 11.1 Å². The number of nitrogens with two attached hydrogens (primary N) is 1. The minimum atomic E-state index is -0.0220. The van der Waals surface area contributed by atoms with E-state index in [4.69, 9.17) is 5.73 Å². The summed E-state index contributed by atoms with van der Waals surface area (Å²) in [6.07, 6.45) is 3.68. The molecule has 1 amide bonds. The smallest absolute Gasteiger partial charge is 0.221 e. The molecule has 1 aliphatic rings. The summed E-state index contributed by atoms with van der Waals surface area (Å²) in [7, 11) is 0. The fourth-order valence-electron chi connectivity index (χ4n) is 2.24. The second-order valence-electron chi connectivity index (χ2n) is 6.21. The Balaban J connectivity index is 2.23. The lowest BCUT2D eigenvalue weighted by Crippen LogP contribution is -2.41. The Labute approximate surface area is 109 Å². The number of hydrogen-bond acceptors (Lipinski definition) is 3. The number of thioether (sulfide) groups is 1. The minimum absolute atomic E-state index is 0.0220. The lowest BCUT2D eigenvalue weighted by molar-refractivity contribution is -0.122. The second-order valence-corrected chi connectivity index (χ2v) is 7.36. The molecule has 17 heavy (non-hydrogen) atoms. The molecule has 3 nitrogen and oxygen atoms in total. The molecular weight excluding hydrogens is 232 g/mol. The summed E-state index contributed by atoms with van der Waals surface area (Å²) in [5.41, 5.74) is 6.19. The highest BCUT2D eigenvalue weighted by Crippen LogP contribution is 2.21. The molecule has 1 aliphatic heterocycles. The molecule has 1 fully saturated rings. The first kappa shape index (κ1) is 14.8. The molecule has 1 rings (SSSR count). The van der Waals surface area contributed by atoms with E-state index in [9.17, 15) is 4.79 Å². The standard InChI is InChI=1S/C13H26N2OS/c1-13(2,3)8-10(14)7-12(16)15-11-5-4-6-17-9-11/h10-11H,4-9,14H2,1-3H3,(H,15,16). The predicted octanol–water partition coefficient (Wildman–Crippen LogP) is 2.15. The van der Waals surface area contributed by atoms with Gasteiger partial charge in [0.2, 0.25) is 5.91 Å². The van der Waals surface area contributed by atoms with E-state index >= 15 is 0 Å². The van der Waals surface area contributed by atoms with Crippen molar-refractivity contribution in [2.45, 2.75) is 58.5 Å². The van der Waals surface area contributed by atoms with Crippen molar-refractivity contribution in [3.63, 3.8) is 0 Å². The molecule has 0 aromatic heterocycles. The molecule has 1 heterocycles. The summed E-state index contributed by atoms with van der Waals surface area (Å²) in [5.74, 6) is 2.41. The van der Waals surface area contributed by atoms with Gasteiger partial charge in [0.05, 0.1) is 0 Å². The van der Waals surface area contributed by atoms with Crippen LogP contribution in [0.15, 0.2) is 0 Å². The van der Waals surface area contributed by atoms with Crippen LogP contribution in [-0.4, -0.2) is 29.5 Å². The summed E-state index contributed by atoms with van der Waals surface area (Å²) in [6.45, 7) is 6.47. The molecule has 0 aliphatic carbocycles. The maximum absolute atomic E-state index is 11.8. The molecule has 0 aromatic carbocycles. The van der Waals surface area contributed by atoms with Crippen molar-refractivity contribution in [1.82, 2.24) is 5.32 Å². The van der Waals surface area contributed by atoms with Crippen molar-refractivity contribution in [2.24, 2.45) is 11.1 Å². The van der Waals surface area contributed by atoms with Gasteiger partial charge in [0.25, 0.3) is 0 Å². The molecule has 0 saturated carbocycles. The van der Waals surface area contributed by atoms with Crippen LogP contribution in [0.2, 0.25) is 0 Å². The zero-order valence-electron chi connectivity index (χ0n) is 11.3. The van der Waals surface area contributed by atoms with E-state index in [1.807, 2.05) is 11.8 Å². The van der Waals surface area contributed by atoms with Gasteiger partial charge in [-0.05, 0) is 30.4 Å². The third-order valence-corrected chi connectivity index (χ3v) is 4.06. The number of hydrogen-bond donors (Lipinski definition) is 2. The fourth-order valence-corrected chi connectivity index (χ4v) is 3.31. The largest absolute Gasteiger partial charge is 0.352 e. The van der Waals surface area contributed by atoms with Crippen LogP contribution < -0.4 is 11.1 Å². The number of carbonyl (C=O) groups excluding carboxylic acids is 1. The van der Waals surface area contributed by atoms with E-state index < -0.39 is 0 Å². The zero-order valence-corrected chi connectivity index (χ0v) is 12.1. The number of nitrogens with one attached hydrogen (secondary N) is 1. The van der Waals surface area contributed by atoms with Crippen molar-refractivity contribution < 1.29 is 4.79 Å². The van der Waals surface area contributed by atoms with Crippen LogP contribution in [0.1, 0.15) is 46.5 Å². The van der Waals surface area contributed by atoms with Gasteiger partial charge in [-0.3, -0.25) is 4.79 Å². The first-order valence-corrected chi connectivity index (χ1v) is 7.65. The molecule has 0 spiro atoms. The van der Waals surface area contributed by atoms with Gasteiger partial charge in [-0.15, -0.1) is 0 Å². The first-order valence-electron chi connectivity index (χ1n) is 6.49. The molecule has 4 heteroatoms. The first-order chi connectivity index (χ1) is 7.87. The predicted molar refractivity (Wildman–Crippen MR) is 75.2 cm³/mol. The van der Waals surface area contributed by atoms with Crippen molar-refractivity contribution in [3.8, 4) is 0 Å². The molecular formula is C13H26N2OS. The lowest BCUT2D eigenvalue weighted by atomic mass is 9.87. The van der Waals surface area contributed by atoms with Crippen LogP contribution in [0, 0.1) is 5.41 Å². The Bertz CT molecular complexity index is 244. The van der Waals surface area contributed by atoms with Crippen LogP contribution >= 0.6 is 11.8 Å². The molecule has 2 unspecified atom stereocenters. The average molecular weight is 258 g/mol. The molecule has 0 radical (unpaired) electrons. The van der Waals surface area contributed by atoms with E-state index in [-0.39, 0.29) is 17.4 Å². The molecule has 100 valence electrons. The van der Waals surface area contributed by atoms with Gasteiger partial charge in [-0.2, -0.15) is 11.8 Å². The van der Waals surface area contributed by atoms with E-state index in [2.05, 4.69) is 26.1 Å². The highest BCUT2D eigenvalue weighted by molar-refractivity contribution is 7.99. The van der Waals surface area contributed by atoms with E-state index in [1.165, 1.54) is 12.2 Å². The lowest BCUT2D eigenvalue weighted by Gasteiger charge is -2.25. The minimum Gasteiger partial charge on any atom is -0.352 e. The van der Waals surface area contributed by atoms with E-state index in [1.54, 1.807) is 0 Å². The quantitative estimate of drug-likeness (QED) is 0.812. The summed E-state index contributed by atoms with van der Waals surface area (Å²) in [6, 6.07) is 0.342. The van der Waals surface area contributed by atoms with Crippen LogP contribution in [0.5, 0.6) is 0 Å². The van der Waals surface area contributed by atoms with Gasteiger partial charge in [-0.25, -0.2) is 0 Å². The molecule has 0 bridgehead atoms. The maximum Gasteiger partial charge on any atom is 0.221 e. The van der Waals surface area contributed by atoms with Crippen LogP contribution in [0.4, 0.5) is 0 Å². The van der Waals surface area contributed by atoms with E-state index in [0.29, 0.717) is 12.5 Å². The summed E-state index contributed by atoms with van der Waals surface area (Å²) >= 11 is 1.93. The monoisotopic (exact) mass is 258 g/mol. The number of amides is 1. The molecule has 2 atom stereocenters. The molecule has 3 N–H and O–H groups in total. The molecule has 0 aromatic rings.